The topological polar surface area (TPSA) is 16.1 Å². The van der Waals surface area contributed by atoms with Gasteiger partial charge in [-0.25, -0.2) is 4.98 Å². The van der Waals surface area contributed by atoms with Crippen molar-refractivity contribution in [2.45, 2.75) is 41.0 Å². The first-order valence-corrected chi connectivity index (χ1v) is 6.05. The Morgan fingerprint density at radius 1 is 1.07 bits per heavy atom. The van der Waals surface area contributed by atoms with Gasteiger partial charge in [-0.2, -0.15) is 0 Å². The molecule has 0 amide bonds. The second-order valence-electron chi connectivity index (χ2n) is 2.98. The Bertz CT molecular complexity index is 254. The summed E-state index contributed by atoms with van der Waals surface area (Å²) in [6.45, 7) is 12.4. The predicted octanol–water partition coefficient (Wildman–Crippen LogP) is 3.65. The van der Waals surface area contributed by atoms with Crippen LogP contribution < -0.4 is 4.90 Å². The summed E-state index contributed by atoms with van der Waals surface area (Å²) in [6.07, 6.45) is 1.32. The number of nitrogens with zero attached hydrogens (tertiary/aromatic N) is 2. The van der Waals surface area contributed by atoms with Gasteiger partial charge in [0.1, 0.15) is 5.82 Å². The minimum atomic E-state index is 1.11. The first kappa shape index (κ1) is 13.9. The third-order valence-corrected chi connectivity index (χ3v) is 2.05. The van der Waals surface area contributed by atoms with Crippen molar-refractivity contribution in [1.29, 1.82) is 0 Å². The molecule has 1 fully saturated rings. The van der Waals surface area contributed by atoms with Gasteiger partial charge in [0.2, 0.25) is 0 Å². The van der Waals surface area contributed by atoms with Crippen molar-refractivity contribution in [3.8, 4) is 0 Å². The highest BCUT2D eigenvalue weighted by molar-refractivity contribution is 5.41. The standard InChI is InChI=1S/C9H12N2.2C2H6/c1-8-4-2-5-9(10-8)11-6-3-7-11;2*1-2/h2,4-5H,3,6-7H2,1H3;2*1-2H3. The summed E-state index contributed by atoms with van der Waals surface area (Å²) < 4.78 is 0. The van der Waals surface area contributed by atoms with Gasteiger partial charge in [-0.3, -0.25) is 0 Å². The molecule has 15 heavy (non-hydrogen) atoms. The molecule has 86 valence electrons. The first-order valence-electron chi connectivity index (χ1n) is 6.05. The molecular formula is C13H24N2. The summed E-state index contributed by atoms with van der Waals surface area (Å²) in [5, 5.41) is 0. The number of aryl methyl sites for hydroxylation is 1. The fourth-order valence-corrected chi connectivity index (χ4v) is 1.25. The molecule has 1 aromatic heterocycles. The predicted molar refractivity (Wildman–Crippen MR) is 68.5 cm³/mol. The second kappa shape index (κ2) is 8.27. The van der Waals surface area contributed by atoms with Crippen LogP contribution in [-0.4, -0.2) is 18.1 Å². The van der Waals surface area contributed by atoms with E-state index < -0.39 is 0 Å². The Balaban J connectivity index is 0.000000442. The summed E-state index contributed by atoms with van der Waals surface area (Å²) in [5.41, 5.74) is 1.11. The maximum atomic E-state index is 4.42. The first-order chi connectivity index (χ1) is 7.36. The van der Waals surface area contributed by atoms with Crippen LogP contribution in [0.15, 0.2) is 18.2 Å². The van der Waals surface area contributed by atoms with E-state index in [4.69, 9.17) is 0 Å². The van der Waals surface area contributed by atoms with Crippen LogP contribution in [-0.2, 0) is 0 Å². The SMILES string of the molecule is CC.CC.Cc1cccc(N2CCC2)n1. The van der Waals surface area contributed by atoms with E-state index in [1.165, 1.54) is 19.5 Å². The monoisotopic (exact) mass is 208 g/mol. The van der Waals surface area contributed by atoms with Crippen LogP contribution in [0.3, 0.4) is 0 Å². The van der Waals surface area contributed by atoms with Crippen molar-refractivity contribution in [2.75, 3.05) is 18.0 Å². The van der Waals surface area contributed by atoms with E-state index in [2.05, 4.69) is 22.0 Å². The molecule has 0 spiro atoms. The van der Waals surface area contributed by atoms with Crippen LogP contribution >= 0.6 is 0 Å². The fourth-order valence-electron chi connectivity index (χ4n) is 1.25. The van der Waals surface area contributed by atoms with Gasteiger partial charge in [-0.15, -0.1) is 0 Å². The van der Waals surface area contributed by atoms with Crippen molar-refractivity contribution in [1.82, 2.24) is 4.98 Å². The second-order valence-corrected chi connectivity index (χ2v) is 2.98. The largest absolute Gasteiger partial charge is 0.356 e. The highest BCUT2D eigenvalue weighted by Crippen LogP contribution is 2.17. The zero-order valence-corrected chi connectivity index (χ0v) is 10.7. The maximum absolute atomic E-state index is 4.42. The van der Waals surface area contributed by atoms with E-state index >= 15 is 0 Å². The number of aromatic nitrogens is 1. The Labute approximate surface area is 94.3 Å². The minimum absolute atomic E-state index is 1.11. The van der Waals surface area contributed by atoms with Crippen LogP contribution in [0.25, 0.3) is 0 Å². The quantitative estimate of drug-likeness (QED) is 0.700. The van der Waals surface area contributed by atoms with Crippen LogP contribution in [0, 0.1) is 6.92 Å². The van der Waals surface area contributed by atoms with E-state index in [9.17, 15) is 0 Å². The molecular weight excluding hydrogens is 184 g/mol. The molecule has 2 heterocycles. The van der Waals surface area contributed by atoms with Gasteiger partial charge < -0.3 is 4.90 Å². The summed E-state index contributed by atoms with van der Waals surface area (Å²) in [5.74, 6) is 1.14. The summed E-state index contributed by atoms with van der Waals surface area (Å²) in [7, 11) is 0. The normalized spacial score (nSPS) is 12.7. The fraction of sp³-hybridized carbons (Fsp3) is 0.615. The van der Waals surface area contributed by atoms with Crippen LogP contribution in [0.5, 0.6) is 0 Å². The van der Waals surface area contributed by atoms with Crippen molar-refractivity contribution in [3.63, 3.8) is 0 Å². The molecule has 0 aliphatic carbocycles. The van der Waals surface area contributed by atoms with Gasteiger partial charge in [0.05, 0.1) is 0 Å². The summed E-state index contributed by atoms with van der Waals surface area (Å²) in [4.78, 5) is 6.72. The van der Waals surface area contributed by atoms with Gasteiger partial charge in [-0.1, -0.05) is 33.8 Å². The Morgan fingerprint density at radius 2 is 1.67 bits per heavy atom. The Morgan fingerprint density at radius 3 is 2.07 bits per heavy atom. The molecule has 0 unspecified atom stereocenters. The van der Waals surface area contributed by atoms with Gasteiger partial charge in [0, 0.05) is 18.8 Å². The molecule has 0 saturated carbocycles. The molecule has 0 aromatic carbocycles. The van der Waals surface area contributed by atoms with E-state index in [0.29, 0.717) is 0 Å². The molecule has 2 rings (SSSR count). The number of pyridine rings is 1. The average Bonchev–Trinajstić information content (AvgIpc) is 2.21. The number of rotatable bonds is 1. The lowest BCUT2D eigenvalue weighted by atomic mass is 10.2. The molecule has 1 aliphatic rings. The number of hydrogen-bond donors (Lipinski definition) is 0. The van der Waals surface area contributed by atoms with Crippen molar-refractivity contribution in [2.24, 2.45) is 0 Å². The zero-order valence-electron chi connectivity index (χ0n) is 10.7. The smallest absolute Gasteiger partial charge is 0.128 e. The lowest BCUT2D eigenvalue weighted by Gasteiger charge is -2.32. The number of hydrogen-bond acceptors (Lipinski definition) is 2. The van der Waals surface area contributed by atoms with Crippen molar-refractivity contribution in [3.05, 3.63) is 23.9 Å². The van der Waals surface area contributed by atoms with Crippen LogP contribution in [0.2, 0.25) is 0 Å². The molecule has 2 nitrogen and oxygen atoms in total. The average molecular weight is 208 g/mol. The van der Waals surface area contributed by atoms with Gasteiger partial charge in [0.25, 0.3) is 0 Å². The van der Waals surface area contributed by atoms with E-state index in [0.717, 1.165) is 11.5 Å². The van der Waals surface area contributed by atoms with E-state index in [1.807, 2.05) is 40.7 Å². The molecule has 0 bridgehead atoms. The molecule has 2 heteroatoms. The maximum Gasteiger partial charge on any atom is 0.128 e. The lowest BCUT2D eigenvalue weighted by Crippen LogP contribution is -2.37. The third kappa shape index (κ3) is 4.32. The number of anilines is 1. The van der Waals surface area contributed by atoms with E-state index in [-0.39, 0.29) is 0 Å². The van der Waals surface area contributed by atoms with Crippen molar-refractivity contribution < 1.29 is 0 Å². The zero-order chi connectivity index (χ0) is 11.7. The molecule has 0 atom stereocenters. The van der Waals surface area contributed by atoms with E-state index in [1.54, 1.807) is 0 Å². The van der Waals surface area contributed by atoms with Gasteiger partial charge in [0.15, 0.2) is 0 Å². The minimum Gasteiger partial charge on any atom is -0.356 e. The molecule has 1 aromatic rings. The van der Waals surface area contributed by atoms with Gasteiger partial charge in [-0.05, 0) is 25.5 Å². The van der Waals surface area contributed by atoms with Gasteiger partial charge >= 0.3 is 0 Å². The van der Waals surface area contributed by atoms with Crippen LogP contribution in [0.4, 0.5) is 5.82 Å². The molecule has 0 radical (unpaired) electrons. The molecule has 1 aliphatic heterocycles. The third-order valence-electron chi connectivity index (χ3n) is 2.05. The Kier molecular flexibility index (Phi) is 7.69. The lowest BCUT2D eigenvalue weighted by molar-refractivity contribution is 0.609. The Hall–Kier alpha value is -1.05. The molecule has 1 saturated heterocycles. The summed E-state index contributed by atoms with van der Waals surface area (Å²) >= 11 is 0. The highest BCUT2D eigenvalue weighted by Gasteiger charge is 2.14. The van der Waals surface area contributed by atoms with Crippen molar-refractivity contribution >= 4 is 5.82 Å². The highest BCUT2D eigenvalue weighted by atomic mass is 15.2. The summed E-state index contributed by atoms with van der Waals surface area (Å²) in [6, 6.07) is 6.17. The van der Waals surface area contributed by atoms with Crippen LogP contribution in [0.1, 0.15) is 39.8 Å². The molecule has 0 N–H and O–H groups in total.